The molecule has 2 aromatic rings. The molecule has 0 radical (unpaired) electrons. The predicted octanol–water partition coefficient (Wildman–Crippen LogP) is 4.32. The Morgan fingerprint density at radius 3 is 2.47 bits per heavy atom. The molecule has 2 aromatic carbocycles. The summed E-state index contributed by atoms with van der Waals surface area (Å²) in [6.07, 6.45) is 2.87. The van der Waals surface area contributed by atoms with Gasteiger partial charge in [0.15, 0.2) is 4.90 Å². The lowest BCUT2D eigenvalue weighted by Gasteiger charge is -2.23. The highest BCUT2D eigenvalue weighted by molar-refractivity contribution is 7.89. The molecular formula is C22H26N2O5S. The van der Waals surface area contributed by atoms with E-state index < -0.39 is 20.6 Å². The van der Waals surface area contributed by atoms with E-state index in [-0.39, 0.29) is 24.6 Å². The number of hydrogen-bond donors (Lipinski definition) is 0. The van der Waals surface area contributed by atoms with Crippen LogP contribution < -0.4 is 0 Å². The minimum absolute atomic E-state index is 0.0142. The molecule has 0 heterocycles. The normalized spacial score (nSPS) is 11.4. The maximum Gasteiger partial charge on any atom is 0.289 e. The van der Waals surface area contributed by atoms with Gasteiger partial charge in [0.1, 0.15) is 0 Å². The van der Waals surface area contributed by atoms with Gasteiger partial charge in [-0.25, -0.2) is 8.42 Å². The second kappa shape index (κ2) is 11.4. The first-order valence-corrected chi connectivity index (χ1v) is 10.9. The maximum atomic E-state index is 13.2. The van der Waals surface area contributed by atoms with Crippen LogP contribution in [0.2, 0.25) is 0 Å². The van der Waals surface area contributed by atoms with Crippen LogP contribution >= 0.6 is 0 Å². The minimum atomic E-state index is -4.09. The summed E-state index contributed by atoms with van der Waals surface area (Å²) in [5, 5.41) is 11.3. The number of nitro groups is 1. The zero-order valence-electron chi connectivity index (χ0n) is 16.8. The van der Waals surface area contributed by atoms with Crippen molar-refractivity contribution in [3.8, 4) is 0 Å². The van der Waals surface area contributed by atoms with E-state index in [1.54, 1.807) is 6.08 Å². The van der Waals surface area contributed by atoms with Crippen LogP contribution in [-0.4, -0.2) is 37.3 Å². The average molecular weight is 431 g/mol. The standard InChI is InChI=1S/C22H26N2O5S/c1-3-4-10-15-23(16-19(2)17-29-18-20-11-6-5-7-12-20)30(27,28)22-14-9-8-13-21(22)24(25)26/h3,5-9,11-14H,1-2,4,10,15-18H2. The van der Waals surface area contributed by atoms with Crippen molar-refractivity contribution in [1.82, 2.24) is 4.31 Å². The summed E-state index contributed by atoms with van der Waals surface area (Å²) in [5.74, 6) is 0. The number of unbranched alkanes of at least 4 members (excludes halogenated alkanes) is 1. The molecule has 30 heavy (non-hydrogen) atoms. The van der Waals surface area contributed by atoms with E-state index in [1.165, 1.54) is 28.6 Å². The Labute approximate surface area is 177 Å². The molecule has 0 fully saturated rings. The smallest absolute Gasteiger partial charge is 0.289 e. The van der Waals surface area contributed by atoms with Crippen molar-refractivity contribution in [3.05, 3.63) is 95.1 Å². The van der Waals surface area contributed by atoms with E-state index in [0.29, 0.717) is 25.0 Å². The lowest BCUT2D eigenvalue weighted by atomic mass is 10.2. The number of ether oxygens (including phenoxy) is 1. The third-order valence-electron chi connectivity index (χ3n) is 4.31. The van der Waals surface area contributed by atoms with Gasteiger partial charge >= 0.3 is 0 Å². The van der Waals surface area contributed by atoms with Gasteiger partial charge in [-0.1, -0.05) is 55.1 Å². The molecule has 0 aliphatic rings. The summed E-state index contributed by atoms with van der Waals surface area (Å²) in [7, 11) is -4.09. The lowest BCUT2D eigenvalue weighted by molar-refractivity contribution is -0.387. The van der Waals surface area contributed by atoms with E-state index in [4.69, 9.17) is 4.74 Å². The van der Waals surface area contributed by atoms with E-state index in [0.717, 1.165) is 5.56 Å². The zero-order valence-corrected chi connectivity index (χ0v) is 17.6. The number of rotatable bonds is 13. The third-order valence-corrected chi connectivity index (χ3v) is 6.21. The fourth-order valence-corrected chi connectivity index (χ4v) is 4.50. The number of nitrogens with zero attached hydrogens (tertiary/aromatic N) is 2. The summed E-state index contributed by atoms with van der Waals surface area (Å²) >= 11 is 0. The van der Waals surface area contributed by atoms with Crippen molar-refractivity contribution in [1.29, 1.82) is 0 Å². The number of nitro benzene ring substituents is 1. The van der Waals surface area contributed by atoms with Gasteiger partial charge in [0.05, 0.1) is 18.1 Å². The van der Waals surface area contributed by atoms with Gasteiger partial charge in [-0.2, -0.15) is 4.31 Å². The summed E-state index contributed by atoms with van der Waals surface area (Å²) in [6, 6.07) is 15.0. The molecule has 7 nitrogen and oxygen atoms in total. The van der Waals surface area contributed by atoms with Gasteiger partial charge in [0.2, 0.25) is 10.0 Å². The quantitative estimate of drug-likeness (QED) is 0.204. The SMILES string of the molecule is C=CCCCN(CC(=C)COCc1ccccc1)S(=O)(=O)c1ccccc1[N+](=O)[O-]. The van der Waals surface area contributed by atoms with Crippen LogP contribution in [0.1, 0.15) is 18.4 Å². The van der Waals surface area contributed by atoms with Crippen LogP contribution in [0.25, 0.3) is 0 Å². The van der Waals surface area contributed by atoms with E-state index in [2.05, 4.69) is 13.2 Å². The summed E-state index contributed by atoms with van der Waals surface area (Å²) in [6.45, 7) is 8.35. The summed E-state index contributed by atoms with van der Waals surface area (Å²) < 4.78 is 33.3. The van der Waals surface area contributed by atoms with Crippen LogP contribution in [-0.2, 0) is 21.4 Å². The fraction of sp³-hybridized carbons (Fsp3) is 0.273. The van der Waals surface area contributed by atoms with Gasteiger partial charge in [-0.05, 0) is 30.0 Å². The van der Waals surface area contributed by atoms with Crippen LogP contribution in [0.15, 0.2) is 84.3 Å². The Hall–Kier alpha value is -2.81. The van der Waals surface area contributed by atoms with Crippen molar-refractivity contribution in [2.45, 2.75) is 24.3 Å². The van der Waals surface area contributed by atoms with Crippen LogP contribution in [0.5, 0.6) is 0 Å². The monoisotopic (exact) mass is 430 g/mol. The topological polar surface area (TPSA) is 89.8 Å². The highest BCUT2D eigenvalue weighted by Crippen LogP contribution is 2.27. The predicted molar refractivity (Wildman–Crippen MR) is 117 cm³/mol. The first-order chi connectivity index (χ1) is 14.4. The summed E-state index contributed by atoms with van der Waals surface area (Å²) in [4.78, 5) is 10.3. The molecule has 0 bridgehead atoms. The molecule has 0 atom stereocenters. The molecule has 0 aliphatic carbocycles. The van der Waals surface area contributed by atoms with Crippen molar-refractivity contribution in [2.24, 2.45) is 0 Å². The van der Waals surface area contributed by atoms with Crippen molar-refractivity contribution in [3.63, 3.8) is 0 Å². The molecule has 0 unspecified atom stereocenters. The fourth-order valence-electron chi connectivity index (χ4n) is 2.84. The average Bonchev–Trinajstić information content (AvgIpc) is 2.74. The number of para-hydroxylation sites is 1. The van der Waals surface area contributed by atoms with E-state index in [9.17, 15) is 18.5 Å². The highest BCUT2D eigenvalue weighted by atomic mass is 32.2. The molecule has 2 rings (SSSR count). The van der Waals surface area contributed by atoms with Crippen LogP contribution in [0.4, 0.5) is 5.69 Å². The van der Waals surface area contributed by atoms with E-state index >= 15 is 0 Å². The molecule has 160 valence electrons. The molecular weight excluding hydrogens is 404 g/mol. The molecule has 0 aromatic heterocycles. The molecule has 0 saturated heterocycles. The third kappa shape index (κ3) is 6.62. The molecule has 0 aliphatic heterocycles. The second-order valence-corrected chi connectivity index (χ2v) is 8.63. The first kappa shape index (κ1) is 23.5. The highest BCUT2D eigenvalue weighted by Gasteiger charge is 2.31. The largest absolute Gasteiger partial charge is 0.372 e. The summed E-state index contributed by atoms with van der Waals surface area (Å²) in [5.41, 5.74) is 1.12. The Kier molecular flexibility index (Phi) is 8.91. The first-order valence-electron chi connectivity index (χ1n) is 9.49. The van der Waals surface area contributed by atoms with Gasteiger partial charge in [0.25, 0.3) is 5.69 Å². The maximum absolute atomic E-state index is 13.2. The zero-order chi connectivity index (χ0) is 22.0. The van der Waals surface area contributed by atoms with Gasteiger partial charge in [-0.15, -0.1) is 6.58 Å². The number of sulfonamides is 1. The van der Waals surface area contributed by atoms with Gasteiger partial charge < -0.3 is 4.74 Å². The molecule has 0 saturated carbocycles. The van der Waals surface area contributed by atoms with Gasteiger partial charge in [-0.3, -0.25) is 10.1 Å². The number of benzene rings is 2. The number of allylic oxidation sites excluding steroid dienone is 1. The van der Waals surface area contributed by atoms with E-state index in [1.807, 2.05) is 30.3 Å². The van der Waals surface area contributed by atoms with Crippen molar-refractivity contribution < 1.29 is 18.1 Å². The molecule has 0 spiro atoms. The minimum Gasteiger partial charge on any atom is -0.372 e. The Balaban J connectivity index is 2.13. The Bertz CT molecular complexity index is 974. The van der Waals surface area contributed by atoms with Crippen molar-refractivity contribution in [2.75, 3.05) is 19.7 Å². The number of hydrogen-bond acceptors (Lipinski definition) is 5. The Morgan fingerprint density at radius 1 is 1.13 bits per heavy atom. The molecule has 0 amide bonds. The molecule has 8 heteroatoms. The second-order valence-electron chi connectivity index (χ2n) is 6.72. The molecule has 0 N–H and O–H groups in total. The lowest BCUT2D eigenvalue weighted by Crippen LogP contribution is -2.34. The van der Waals surface area contributed by atoms with Crippen LogP contribution in [0, 0.1) is 10.1 Å². The van der Waals surface area contributed by atoms with Gasteiger partial charge in [0, 0.05) is 19.2 Å². The van der Waals surface area contributed by atoms with Crippen molar-refractivity contribution >= 4 is 15.7 Å². The van der Waals surface area contributed by atoms with Crippen LogP contribution in [0.3, 0.4) is 0 Å². The Morgan fingerprint density at radius 2 is 1.80 bits per heavy atom.